The van der Waals surface area contributed by atoms with Gasteiger partial charge in [0.15, 0.2) is 0 Å². The van der Waals surface area contributed by atoms with Crippen molar-refractivity contribution in [2.45, 2.75) is 26.3 Å². The summed E-state index contributed by atoms with van der Waals surface area (Å²) in [5.41, 5.74) is 1.27. The highest BCUT2D eigenvalue weighted by molar-refractivity contribution is 7.05. The van der Waals surface area contributed by atoms with Crippen molar-refractivity contribution in [3.05, 3.63) is 46.0 Å². The van der Waals surface area contributed by atoms with Crippen LogP contribution in [0.2, 0.25) is 0 Å². The number of hydrogen-bond donors (Lipinski definition) is 1. The lowest BCUT2D eigenvalue weighted by atomic mass is 10.0. The topological polar surface area (TPSA) is 37.8 Å². The minimum absolute atomic E-state index is 0.333. The summed E-state index contributed by atoms with van der Waals surface area (Å²) in [4.78, 5) is 0.884. The van der Waals surface area contributed by atoms with Crippen molar-refractivity contribution >= 4 is 11.5 Å². The Kier molecular flexibility index (Phi) is 4.55. The van der Waals surface area contributed by atoms with Crippen molar-refractivity contribution in [1.82, 2.24) is 14.9 Å². The first kappa shape index (κ1) is 14.0. The summed E-state index contributed by atoms with van der Waals surface area (Å²) in [6, 6.07) is 3.31. The summed E-state index contributed by atoms with van der Waals surface area (Å²) in [5, 5.41) is 7.25. The molecule has 102 valence electrons. The number of nitrogens with one attached hydrogen (secondary N) is 1. The van der Waals surface area contributed by atoms with Crippen LogP contribution in [-0.4, -0.2) is 16.1 Å². The molecule has 0 aliphatic carbocycles. The molecule has 6 heteroatoms. The first-order valence-electron chi connectivity index (χ1n) is 6.16. The van der Waals surface area contributed by atoms with Crippen LogP contribution in [-0.2, 0) is 6.42 Å². The fraction of sp³-hybridized carbons (Fsp3) is 0.385. The molecule has 0 aliphatic heterocycles. The molecule has 1 unspecified atom stereocenters. The monoisotopic (exact) mass is 283 g/mol. The molecule has 0 radical (unpaired) electrons. The molecule has 0 fully saturated rings. The Morgan fingerprint density at radius 3 is 2.74 bits per heavy atom. The van der Waals surface area contributed by atoms with Gasteiger partial charge in [0.1, 0.15) is 11.6 Å². The van der Waals surface area contributed by atoms with E-state index in [2.05, 4.69) is 14.9 Å². The molecular formula is C13H15F2N3S. The Morgan fingerprint density at radius 2 is 2.11 bits per heavy atom. The molecule has 0 aliphatic rings. The van der Waals surface area contributed by atoms with Gasteiger partial charge in [-0.15, -0.1) is 5.10 Å². The van der Waals surface area contributed by atoms with Gasteiger partial charge in [0.05, 0.1) is 16.6 Å². The molecule has 19 heavy (non-hydrogen) atoms. The highest BCUT2D eigenvalue weighted by Gasteiger charge is 2.22. The van der Waals surface area contributed by atoms with Gasteiger partial charge >= 0.3 is 0 Å². The normalized spacial score (nSPS) is 12.6. The molecule has 1 N–H and O–H groups in total. The molecule has 3 nitrogen and oxygen atoms in total. The van der Waals surface area contributed by atoms with Crippen LogP contribution in [0, 0.1) is 11.6 Å². The Bertz CT molecular complexity index is 557. The minimum Gasteiger partial charge on any atom is -0.306 e. The first-order chi connectivity index (χ1) is 9.17. The molecule has 1 aromatic carbocycles. The summed E-state index contributed by atoms with van der Waals surface area (Å²) in [7, 11) is 0. The fourth-order valence-corrected chi connectivity index (χ4v) is 2.80. The number of benzene rings is 1. The maximum atomic E-state index is 13.9. The van der Waals surface area contributed by atoms with E-state index in [4.69, 9.17) is 0 Å². The van der Waals surface area contributed by atoms with E-state index in [1.54, 1.807) is 0 Å². The number of aromatic nitrogens is 2. The second-order valence-corrected chi connectivity index (χ2v) is 4.88. The van der Waals surface area contributed by atoms with E-state index in [-0.39, 0.29) is 6.04 Å². The Morgan fingerprint density at radius 1 is 1.32 bits per heavy atom. The standard InChI is InChI=1S/C13H15F2N3S/c1-3-11-13(19-18-17-11)12(16-4-2)9-6-5-8(14)7-10(9)15/h5-7,12,16H,3-4H2,1-2H3. The lowest BCUT2D eigenvalue weighted by molar-refractivity contribution is 0.542. The largest absolute Gasteiger partial charge is 0.306 e. The van der Waals surface area contributed by atoms with Gasteiger partial charge in [0, 0.05) is 11.6 Å². The molecule has 1 atom stereocenters. The maximum Gasteiger partial charge on any atom is 0.131 e. The highest BCUT2D eigenvalue weighted by atomic mass is 32.1. The first-order valence-corrected chi connectivity index (χ1v) is 6.94. The third kappa shape index (κ3) is 2.96. The van der Waals surface area contributed by atoms with Crippen LogP contribution in [0.5, 0.6) is 0 Å². The lowest BCUT2D eigenvalue weighted by Gasteiger charge is -2.18. The van der Waals surface area contributed by atoms with Crippen molar-refractivity contribution < 1.29 is 8.78 Å². The van der Waals surface area contributed by atoms with E-state index in [1.165, 1.54) is 23.7 Å². The predicted octanol–water partition coefficient (Wildman–Crippen LogP) is 3.08. The third-order valence-corrected chi connectivity index (χ3v) is 3.70. The summed E-state index contributed by atoms with van der Waals surface area (Å²) in [5.74, 6) is -1.13. The van der Waals surface area contributed by atoms with E-state index in [0.717, 1.165) is 23.1 Å². The molecule has 0 bridgehead atoms. The molecule has 0 amide bonds. The Balaban J connectivity index is 2.45. The van der Waals surface area contributed by atoms with E-state index in [1.807, 2.05) is 13.8 Å². The maximum absolute atomic E-state index is 13.9. The quantitative estimate of drug-likeness (QED) is 0.916. The van der Waals surface area contributed by atoms with Crippen LogP contribution >= 0.6 is 11.5 Å². The van der Waals surface area contributed by atoms with Gasteiger partial charge in [0.25, 0.3) is 0 Å². The van der Waals surface area contributed by atoms with E-state index >= 15 is 0 Å². The molecule has 0 saturated heterocycles. The number of nitrogens with zero attached hydrogens (tertiary/aromatic N) is 2. The van der Waals surface area contributed by atoms with Gasteiger partial charge in [0.2, 0.25) is 0 Å². The smallest absolute Gasteiger partial charge is 0.131 e. The molecular weight excluding hydrogens is 268 g/mol. The highest BCUT2D eigenvalue weighted by Crippen LogP contribution is 2.29. The Hall–Kier alpha value is -1.40. The van der Waals surface area contributed by atoms with E-state index in [0.29, 0.717) is 12.1 Å². The molecule has 2 aromatic rings. The van der Waals surface area contributed by atoms with Crippen molar-refractivity contribution in [3.63, 3.8) is 0 Å². The predicted molar refractivity (Wildman–Crippen MR) is 71.2 cm³/mol. The molecule has 1 heterocycles. The number of halogens is 2. The van der Waals surface area contributed by atoms with Crippen LogP contribution in [0.15, 0.2) is 18.2 Å². The second kappa shape index (κ2) is 6.16. The van der Waals surface area contributed by atoms with Crippen LogP contribution in [0.4, 0.5) is 8.78 Å². The number of rotatable bonds is 5. The summed E-state index contributed by atoms with van der Waals surface area (Å²) >= 11 is 1.25. The van der Waals surface area contributed by atoms with E-state index in [9.17, 15) is 8.78 Å². The van der Waals surface area contributed by atoms with Crippen LogP contribution in [0.1, 0.15) is 36.0 Å². The van der Waals surface area contributed by atoms with Gasteiger partial charge in [-0.25, -0.2) is 8.78 Å². The molecule has 0 spiro atoms. The average molecular weight is 283 g/mol. The van der Waals surface area contributed by atoms with Gasteiger partial charge in [-0.2, -0.15) is 0 Å². The van der Waals surface area contributed by atoms with Crippen molar-refractivity contribution in [2.75, 3.05) is 6.54 Å². The second-order valence-electron chi connectivity index (χ2n) is 4.09. The summed E-state index contributed by atoms with van der Waals surface area (Å²) in [6.45, 7) is 4.58. The third-order valence-electron chi connectivity index (χ3n) is 2.86. The van der Waals surface area contributed by atoms with Crippen LogP contribution < -0.4 is 5.32 Å². The number of hydrogen-bond acceptors (Lipinski definition) is 4. The lowest BCUT2D eigenvalue weighted by Crippen LogP contribution is -2.23. The number of aryl methyl sites for hydroxylation is 1. The van der Waals surface area contributed by atoms with Gasteiger partial charge in [-0.3, -0.25) is 0 Å². The van der Waals surface area contributed by atoms with Gasteiger partial charge in [-0.05, 0) is 30.6 Å². The zero-order valence-corrected chi connectivity index (χ0v) is 11.6. The van der Waals surface area contributed by atoms with Gasteiger partial charge in [-0.1, -0.05) is 24.4 Å². The Labute approximate surface area is 114 Å². The molecule has 1 aromatic heterocycles. The van der Waals surface area contributed by atoms with Crippen molar-refractivity contribution in [1.29, 1.82) is 0 Å². The minimum atomic E-state index is -0.574. The molecule has 0 saturated carbocycles. The van der Waals surface area contributed by atoms with Crippen molar-refractivity contribution in [2.24, 2.45) is 0 Å². The van der Waals surface area contributed by atoms with Gasteiger partial charge < -0.3 is 5.32 Å². The summed E-state index contributed by atoms with van der Waals surface area (Å²) < 4.78 is 30.9. The zero-order valence-electron chi connectivity index (χ0n) is 10.8. The zero-order chi connectivity index (χ0) is 13.8. The van der Waals surface area contributed by atoms with E-state index < -0.39 is 11.6 Å². The van der Waals surface area contributed by atoms with Crippen LogP contribution in [0.25, 0.3) is 0 Å². The molecule has 2 rings (SSSR count). The fourth-order valence-electron chi connectivity index (χ4n) is 1.96. The SMILES string of the molecule is CCNC(c1ccc(F)cc1F)c1snnc1CC. The average Bonchev–Trinajstić information content (AvgIpc) is 2.85. The van der Waals surface area contributed by atoms with Crippen LogP contribution in [0.3, 0.4) is 0 Å². The summed E-state index contributed by atoms with van der Waals surface area (Å²) in [6.07, 6.45) is 0.733. The van der Waals surface area contributed by atoms with Crippen molar-refractivity contribution in [3.8, 4) is 0 Å².